The molecule has 0 unspecified atom stereocenters. The molecule has 5 rings (SSSR count). The lowest BCUT2D eigenvalue weighted by Crippen LogP contribution is -2.51. The first kappa shape index (κ1) is 33.2. The summed E-state index contributed by atoms with van der Waals surface area (Å²) in [6.07, 6.45) is -9.71. The highest BCUT2D eigenvalue weighted by Gasteiger charge is 2.76. The molecule has 47 heavy (non-hydrogen) atoms. The summed E-state index contributed by atoms with van der Waals surface area (Å²) >= 11 is 6.26. The molecular weight excluding hydrogens is 665 g/mol. The molecule has 0 bridgehead atoms. The topological polar surface area (TPSA) is 156 Å². The zero-order valence-corrected chi connectivity index (χ0v) is 24.5. The van der Waals surface area contributed by atoms with Crippen LogP contribution in [0.4, 0.5) is 36.4 Å². The number of tetrazole rings is 1. The highest BCUT2D eigenvalue weighted by molar-refractivity contribution is 6.32. The van der Waals surface area contributed by atoms with Gasteiger partial charge in [0.15, 0.2) is 5.82 Å². The molecule has 0 aliphatic heterocycles. The maximum atomic E-state index is 14.4. The van der Waals surface area contributed by atoms with Gasteiger partial charge in [-0.3, -0.25) is 9.59 Å². The van der Waals surface area contributed by atoms with Gasteiger partial charge in [-0.1, -0.05) is 11.6 Å². The number of anilines is 1. The lowest BCUT2D eigenvalue weighted by Gasteiger charge is -2.26. The summed E-state index contributed by atoms with van der Waals surface area (Å²) in [6, 6.07) is 8.62. The van der Waals surface area contributed by atoms with Gasteiger partial charge in [-0.15, -0.1) is 10.2 Å². The van der Waals surface area contributed by atoms with E-state index in [0.717, 1.165) is 23.6 Å². The van der Waals surface area contributed by atoms with E-state index >= 15 is 0 Å². The van der Waals surface area contributed by atoms with Gasteiger partial charge in [-0.25, -0.2) is 14.1 Å². The zero-order valence-electron chi connectivity index (χ0n) is 23.8. The second-order valence-electron chi connectivity index (χ2n) is 10.5. The molecule has 20 heteroatoms. The van der Waals surface area contributed by atoms with Crippen LogP contribution in [0.1, 0.15) is 56.3 Å². The second kappa shape index (κ2) is 12.2. The van der Waals surface area contributed by atoms with Gasteiger partial charge in [0, 0.05) is 12.7 Å². The minimum atomic E-state index is -6.46. The second-order valence-corrected chi connectivity index (χ2v) is 10.9. The van der Waals surface area contributed by atoms with Crippen LogP contribution >= 0.6 is 11.6 Å². The monoisotopic (exact) mass is 684 g/mol. The number of halogens is 8. The Balaban J connectivity index is 1.51. The molecule has 12 nitrogen and oxygen atoms in total. The molecule has 1 aromatic carbocycles. The van der Waals surface area contributed by atoms with Crippen LogP contribution in [-0.2, 0) is 12.2 Å². The Morgan fingerprint density at radius 2 is 1.77 bits per heavy atom. The average molecular weight is 685 g/mol. The van der Waals surface area contributed by atoms with Crippen molar-refractivity contribution in [3.8, 4) is 11.9 Å². The Hall–Kier alpha value is -5.12. The summed E-state index contributed by atoms with van der Waals surface area (Å²) < 4.78 is 94.4. The number of nitrogens with one attached hydrogen (secondary N) is 2. The van der Waals surface area contributed by atoms with Gasteiger partial charge >= 0.3 is 18.0 Å². The van der Waals surface area contributed by atoms with E-state index in [1.807, 2.05) is 6.07 Å². The van der Waals surface area contributed by atoms with Crippen molar-refractivity contribution in [2.24, 2.45) is 5.92 Å². The number of amides is 2. The normalized spacial score (nSPS) is 13.7. The number of hydrogen-bond acceptors (Lipinski definition) is 8. The molecule has 0 atom stereocenters. The minimum absolute atomic E-state index is 0.00960. The van der Waals surface area contributed by atoms with Crippen molar-refractivity contribution in [2.75, 3.05) is 11.9 Å². The van der Waals surface area contributed by atoms with Gasteiger partial charge in [-0.05, 0) is 66.8 Å². The number of hydrogen-bond donors (Lipinski definition) is 2. The van der Waals surface area contributed by atoms with E-state index in [-0.39, 0.29) is 43.8 Å². The lowest BCUT2D eigenvalue weighted by atomic mass is 10.0. The molecule has 1 saturated carbocycles. The third-order valence-electron chi connectivity index (χ3n) is 6.97. The fourth-order valence-electron chi connectivity index (χ4n) is 4.40. The van der Waals surface area contributed by atoms with Crippen LogP contribution in [0.5, 0.6) is 0 Å². The van der Waals surface area contributed by atoms with Gasteiger partial charge in [0.2, 0.25) is 5.82 Å². The smallest absolute Gasteiger partial charge is 0.352 e. The average Bonchev–Trinajstić information content (AvgIpc) is 3.56. The molecule has 0 radical (unpaired) electrons. The van der Waals surface area contributed by atoms with E-state index in [1.165, 1.54) is 30.5 Å². The summed E-state index contributed by atoms with van der Waals surface area (Å²) in [7, 11) is 0. The number of carbonyl (C=O) groups is 2. The standard InChI is InChI=1S/C27H20ClF7N10O2/c1-13-7-15(10-36)8-17(22(46)38-11-14-4-5-14)20(13)39-23(47)19-9-16(41-45(19)21-18(28)3-2-6-37-21)12-44-42-24(40-43-44)25(29,26(30,31)32)27(33,34)35/h2-3,6-9,14H,4-5,11-12H2,1H3,(H,38,46)(H,39,47). The van der Waals surface area contributed by atoms with Gasteiger partial charge in [0.25, 0.3) is 11.8 Å². The van der Waals surface area contributed by atoms with E-state index in [9.17, 15) is 45.6 Å². The summed E-state index contributed by atoms with van der Waals surface area (Å²) in [5, 5.41) is 27.7. The summed E-state index contributed by atoms with van der Waals surface area (Å²) in [5.41, 5.74) is -5.91. The summed E-state index contributed by atoms with van der Waals surface area (Å²) in [6.45, 7) is 1.17. The van der Waals surface area contributed by atoms with Crippen molar-refractivity contribution < 1.29 is 40.3 Å². The number of nitriles is 1. The van der Waals surface area contributed by atoms with Gasteiger partial charge < -0.3 is 10.6 Å². The van der Waals surface area contributed by atoms with Crippen molar-refractivity contribution >= 4 is 29.1 Å². The molecule has 2 amide bonds. The van der Waals surface area contributed by atoms with Crippen LogP contribution in [0.25, 0.3) is 5.82 Å². The summed E-state index contributed by atoms with van der Waals surface area (Å²) in [5.74, 6) is -3.53. The maximum Gasteiger partial charge on any atom is 0.439 e. The first-order chi connectivity index (χ1) is 22.0. The van der Waals surface area contributed by atoms with Crippen LogP contribution in [0.3, 0.4) is 0 Å². The number of aryl methyl sites for hydroxylation is 1. The Kier molecular flexibility index (Phi) is 8.66. The highest BCUT2D eigenvalue weighted by Crippen LogP contribution is 2.51. The highest BCUT2D eigenvalue weighted by atomic mass is 35.5. The predicted molar refractivity (Wildman–Crippen MR) is 147 cm³/mol. The van der Waals surface area contributed by atoms with E-state index in [2.05, 4.69) is 36.1 Å². The Bertz CT molecular complexity index is 1880. The lowest BCUT2D eigenvalue weighted by molar-refractivity contribution is -0.351. The quantitative estimate of drug-likeness (QED) is 0.238. The van der Waals surface area contributed by atoms with Gasteiger partial charge in [0.1, 0.15) is 12.2 Å². The Morgan fingerprint density at radius 1 is 1.06 bits per heavy atom. The van der Waals surface area contributed by atoms with E-state index < -0.39 is 42.2 Å². The molecular formula is C27H20ClF7N10O2. The number of nitrogens with zero attached hydrogens (tertiary/aromatic N) is 8. The van der Waals surface area contributed by atoms with Crippen LogP contribution < -0.4 is 10.6 Å². The van der Waals surface area contributed by atoms with Crippen LogP contribution in [0, 0.1) is 24.2 Å². The Labute approximate surface area is 264 Å². The Morgan fingerprint density at radius 3 is 2.38 bits per heavy atom. The number of pyridine rings is 1. The van der Waals surface area contributed by atoms with Crippen molar-refractivity contribution in [1.82, 2.24) is 40.3 Å². The molecule has 2 N–H and O–H groups in total. The molecule has 246 valence electrons. The maximum absolute atomic E-state index is 14.4. The third kappa shape index (κ3) is 6.58. The number of benzene rings is 1. The number of aromatic nitrogens is 7. The zero-order chi connectivity index (χ0) is 34.3. The largest absolute Gasteiger partial charge is 0.439 e. The predicted octanol–water partition coefficient (Wildman–Crippen LogP) is 4.82. The number of carbonyl (C=O) groups excluding carboxylic acids is 2. The van der Waals surface area contributed by atoms with Gasteiger partial charge in [0.05, 0.1) is 33.6 Å². The number of alkyl halides is 7. The molecule has 1 fully saturated rings. The molecule has 1 aliphatic rings. The SMILES string of the molecule is Cc1cc(C#N)cc(C(=O)NCC2CC2)c1NC(=O)c1cc(Cn2nnc(C(F)(C(F)(F)F)C(F)(F)F)n2)nn1-c1ncccc1Cl. The summed E-state index contributed by atoms with van der Waals surface area (Å²) in [4.78, 5) is 31.1. The fourth-order valence-corrected chi connectivity index (χ4v) is 4.60. The van der Waals surface area contributed by atoms with Crippen molar-refractivity contribution in [3.05, 3.63) is 75.5 Å². The van der Waals surface area contributed by atoms with Crippen molar-refractivity contribution in [1.29, 1.82) is 5.26 Å². The number of rotatable bonds is 9. The fraction of sp³-hybridized carbons (Fsp3) is 0.333. The molecule has 0 saturated heterocycles. The van der Waals surface area contributed by atoms with E-state index in [0.29, 0.717) is 18.0 Å². The van der Waals surface area contributed by atoms with E-state index in [4.69, 9.17) is 11.6 Å². The van der Waals surface area contributed by atoms with Crippen LogP contribution in [0.2, 0.25) is 5.02 Å². The van der Waals surface area contributed by atoms with Crippen LogP contribution in [-0.4, -0.2) is 65.7 Å². The van der Waals surface area contributed by atoms with Gasteiger partial charge in [-0.2, -0.15) is 41.5 Å². The first-order valence-electron chi connectivity index (χ1n) is 13.5. The first-order valence-corrected chi connectivity index (χ1v) is 13.9. The van der Waals surface area contributed by atoms with E-state index in [1.54, 1.807) is 6.92 Å². The third-order valence-corrected chi connectivity index (χ3v) is 7.27. The van der Waals surface area contributed by atoms with Crippen molar-refractivity contribution in [2.45, 2.75) is 44.3 Å². The molecule has 4 aromatic rings. The minimum Gasteiger partial charge on any atom is -0.352 e. The molecule has 3 aromatic heterocycles. The molecule has 0 spiro atoms. The molecule has 1 aliphatic carbocycles. The van der Waals surface area contributed by atoms with Crippen LogP contribution in [0.15, 0.2) is 36.5 Å². The van der Waals surface area contributed by atoms with Crippen molar-refractivity contribution in [3.63, 3.8) is 0 Å². The molecule has 3 heterocycles.